The molecular formula is C26H24N2O6. The van der Waals surface area contributed by atoms with Crippen molar-refractivity contribution in [2.24, 2.45) is 0 Å². The van der Waals surface area contributed by atoms with Gasteiger partial charge in [0.25, 0.3) is 11.8 Å². The first-order valence-electron chi connectivity index (χ1n) is 11.4. The molecule has 0 radical (unpaired) electrons. The maximum Gasteiger partial charge on any atom is 0.339 e. The molecule has 2 amide bonds. The molecular weight excluding hydrogens is 436 g/mol. The van der Waals surface area contributed by atoms with E-state index in [1.54, 1.807) is 24.3 Å². The molecule has 0 saturated heterocycles. The highest BCUT2D eigenvalue weighted by Gasteiger charge is 2.29. The number of benzene rings is 2. The molecule has 2 aliphatic rings. The minimum Gasteiger partial charge on any atom is -0.485 e. The third kappa shape index (κ3) is 4.44. The molecule has 1 atom stereocenters. The number of fused-ring (bicyclic) bond motifs is 3. The number of ether oxygens (including phenoxy) is 3. The van der Waals surface area contributed by atoms with Gasteiger partial charge in [0.2, 0.25) is 6.10 Å². The Hall–Kier alpha value is -3.94. The van der Waals surface area contributed by atoms with Crippen molar-refractivity contribution in [1.29, 1.82) is 0 Å². The summed E-state index contributed by atoms with van der Waals surface area (Å²) in [7, 11) is 0. The normalized spacial score (nSPS) is 16.8. The monoisotopic (exact) mass is 460 g/mol. The Morgan fingerprint density at radius 1 is 0.971 bits per heavy atom. The first-order chi connectivity index (χ1) is 16.6. The second-order valence-electron chi connectivity index (χ2n) is 8.34. The zero-order valence-electron chi connectivity index (χ0n) is 18.5. The van der Waals surface area contributed by atoms with Crippen molar-refractivity contribution in [2.45, 2.75) is 38.2 Å². The van der Waals surface area contributed by atoms with Crippen molar-refractivity contribution >= 4 is 28.7 Å². The number of pyridine rings is 1. The Morgan fingerprint density at radius 3 is 2.62 bits per heavy atom. The van der Waals surface area contributed by atoms with Gasteiger partial charge in [0.15, 0.2) is 18.1 Å². The highest BCUT2D eigenvalue weighted by Crippen LogP contribution is 2.31. The van der Waals surface area contributed by atoms with E-state index >= 15 is 0 Å². The van der Waals surface area contributed by atoms with Gasteiger partial charge in [-0.25, -0.2) is 4.79 Å². The lowest BCUT2D eigenvalue weighted by atomic mass is 9.97. The fraction of sp³-hybridized carbons (Fsp3) is 0.308. The summed E-state index contributed by atoms with van der Waals surface area (Å²) in [5.74, 6) is -1.01. The number of amides is 2. The minimum absolute atomic E-state index is 0.0228. The highest BCUT2D eigenvalue weighted by molar-refractivity contribution is 6.06. The van der Waals surface area contributed by atoms with Crippen molar-refractivity contribution in [1.82, 2.24) is 10.3 Å². The van der Waals surface area contributed by atoms with Gasteiger partial charge in [-0.15, -0.1) is 0 Å². The highest BCUT2D eigenvalue weighted by atomic mass is 16.6. The molecule has 8 nitrogen and oxygen atoms in total. The van der Waals surface area contributed by atoms with Gasteiger partial charge in [-0.1, -0.05) is 36.8 Å². The van der Waals surface area contributed by atoms with Crippen molar-refractivity contribution in [3.8, 4) is 11.5 Å². The van der Waals surface area contributed by atoms with Crippen molar-refractivity contribution in [2.75, 3.05) is 13.2 Å². The Labute approximate surface area is 196 Å². The van der Waals surface area contributed by atoms with Crippen LogP contribution >= 0.6 is 0 Å². The number of imide groups is 1. The largest absolute Gasteiger partial charge is 0.485 e. The van der Waals surface area contributed by atoms with E-state index < -0.39 is 30.5 Å². The summed E-state index contributed by atoms with van der Waals surface area (Å²) in [5.41, 5.74) is 2.99. The molecule has 8 heteroatoms. The molecule has 34 heavy (non-hydrogen) atoms. The molecule has 5 rings (SSSR count). The molecule has 1 N–H and O–H groups in total. The fourth-order valence-corrected chi connectivity index (χ4v) is 4.39. The molecule has 2 heterocycles. The number of rotatable bonds is 4. The fourth-order valence-electron chi connectivity index (χ4n) is 4.39. The Balaban J connectivity index is 1.26. The predicted molar refractivity (Wildman–Crippen MR) is 123 cm³/mol. The van der Waals surface area contributed by atoms with E-state index in [0.29, 0.717) is 22.4 Å². The van der Waals surface area contributed by atoms with E-state index in [1.165, 1.54) is 0 Å². The summed E-state index contributed by atoms with van der Waals surface area (Å²) in [6.07, 6.45) is 3.63. The lowest BCUT2D eigenvalue weighted by Crippen LogP contribution is -2.47. The molecule has 0 bridgehead atoms. The maximum atomic E-state index is 13.1. The summed E-state index contributed by atoms with van der Waals surface area (Å²) in [4.78, 5) is 42.7. The van der Waals surface area contributed by atoms with Gasteiger partial charge in [0, 0.05) is 11.1 Å². The Morgan fingerprint density at radius 2 is 1.74 bits per heavy atom. The van der Waals surface area contributed by atoms with Gasteiger partial charge in [-0.3, -0.25) is 19.9 Å². The van der Waals surface area contributed by atoms with Crippen LogP contribution in [0.1, 0.15) is 40.9 Å². The molecule has 0 fully saturated rings. The second kappa shape index (κ2) is 9.51. The van der Waals surface area contributed by atoms with Gasteiger partial charge in [0.05, 0.1) is 11.1 Å². The van der Waals surface area contributed by atoms with Crippen molar-refractivity contribution < 1.29 is 28.6 Å². The number of aromatic nitrogens is 1. The molecule has 1 aromatic heterocycles. The zero-order valence-corrected chi connectivity index (χ0v) is 18.5. The van der Waals surface area contributed by atoms with E-state index in [4.69, 9.17) is 19.2 Å². The first-order valence-corrected chi connectivity index (χ1v) is 11.4. The number of nitrogens with zero attached hydrogens (tertiary/aromatic N) is 1. The van der Waals surface area contributed by atoms with Crippen LogP contribution in [-0.2, 0) is 27.2 Å². The van der Waals surface area contributed by atoms with Crippen molar-refractivity contribution in [3.05, 3.63) is 65.4 Å². The molecule has 3 aromatic rings. The molecule has 0 unspecified atom stereocenters. The lowest BCUT2D eigenvalue weighted by molar-refractivity contribution is -0.137. The Bertz CT molecular complexity index is 1270. The molecule has 1 aliphatic carbocycles. The molecule has 1 aliphatic heterocycles. The lowest BCUT2D eigenvalue weighted by Gasteiger charge is -2.25. The summed E-state index contributed by atoms with van der Waals surface area (Å²) < 4.78 is 16.5. The van der Waals surface area contributed by atoms with Crippen LogP contribution in [-0.4, -0.2) is 42.1 Å². The smallest absolute Gasteiger partial charge is 0.339 e. The number of aryl methyl sites for hydroxylation is 1. The van der Waals surface area contributed by atoms with Gasteiger partial charge in [-0.2, -0.15) is 0 Å². The van der Waals surface area contributed by atoms with Gasteiger partial charge in [-0.05, 0) is 49.4 Å². The second-order valence-corrected chi connectivity index (χ2v) is 8.34. The van der Waals surface area contributed by atoms with Crippen LogP contribution < -0.4 is 14.8 Å². The van der Waals surface area contributed by atoms with Gasteiger partial charge >= 0.3 is 5.97 Å². The van der Waals surface area contributed by atoms with Crippen LogP contribution in [0.5, 0.6) is 11.5 Å². The molecule has 174 valence electrons. The third-order valence-corrected chi connectivity index (χ3v) is 6.02. The molecule has 2 aromatic carbocycles. The Kier molecular flexibility index (Phi) is 6.12. The maximum absolute atomic E-state index is 13.1. The summed E-state index contributed by atoms with van der Waals surface area (Å²) in [6, 6.07) is 14.4. The summed E-state index contributed by atoms with van der Waals surface area (Å²) in [6.45, 7) is -0.606. The quantitative estimate of drug-likeness (QED) is 0.471. The third-order valence-electron chi connectivity index (χ3n) is 6.02. The average molecular weight is 460 g/mol. The number of carbonyl (C=O) groups excluding carboxylic acids is 3. The number of nitrogens with one attached hydrogen (secondary N) is 1. The molecule has 0 saturated carbocycles. The first kappa shape index (κ1) is 21.9. The van der Waals surface area contributed by atoms with Crippen LogP contribution in [0.2, 0.25) is 0 Å². The zero-order chi connectivity index (χ0) is 23.5. The number of para-hydroxylation sites is 3. The van der Waals surface area contributed by atoms with Crippen LogP contribution in [0.4, 0.5) is 0 Å². The average Bonchev–Trinajstić information content (AvgIpc) is 3.10. The summed E-state index contributed by atoms with van der Waals surface area (Å²) >= 11 is 0. The van der Waals surface area contributed by atoms with E-state index in [9.17, 15) is 14.4 Å². The van der Waals surface area contributed by atoms with Gasteiger partial charge in [0.1, 0.15) is 6.61 Å². The molecule has 0 spiro atoms. The van der Waals surface area contributed by atoms with E-state index in [0.717, 1.165) is 48.9 Å². The van der Waals surface area contributed by atoms with Crippen LogP contribution in [0.25, 0.3) is 10.9 Å². The predicted octanol–water partition coefficient (Wildman–Crippen LogP) is 3.14. The van der Waals surface area contributed by atoms with E-state index in [2.05, 4.69) is 5.32 Å². The number of esters is 1. The number of hydrogen-bond donors (Lipinski definition) is 1. The minimum atomic E-state index is -0.977. The van der Waals surface area contributed by atoms with Gasteiger partial charge < -0.3 is 14.2 Å². The SMILES string of the molecule is O=C(COC(=O)c1c2c(nc3ccccc13)CCCCC2)NC(=O)[C@H]1COc2ccccc2O1. The van der Waals surface area contributed by atoms with Crippen LogP contribution in [0, 0.1) is 0 Å². The van der Waals surface area contributed by atoms with E-state index in [-0.39, 0.29) is 6.61 Å². The van der Waals surface area contributed by atoms with Crippen molar-refractivity contribution in [3.63, 3.8) is 0 Å². The topological polar surface area (TPSA) is 104 Å². The number of carbonyl (C=O) groups is 3. The van der Waals surface area contributed by atoms with Crippen LogP contribution in [0.15, 0.2) is 48.5 Å². The van der Waals surface area contributed by atoms with Crippen LogP contribution in [0.3, 0.4) is 0 Å². The number of hydrogen-bond acceptors (Lipinski definition) is 7. The standard InChI is InChI=1S/C26H24N2O6/c29-23(28-25(30)22-14-32-20-12-6-7-13-21(20)34-22)15-33-26(31)24-16-8-2-1-3-10-18(16)27-19-11-5-4-9-17(19)24/h4-7,9,11-13,22H,1-3,8,10,14-15H2,(H,28,29,30)/t22-/m1/s1. The van der Waals surface area contributed by atoms with E-state index in [1.807, 2.05) is 24.3 Å². The summed E-state index contributed by atoms with van der Waals surface area (Å²) in [5, 5.41) is 2.93.